The highest BCUT2D eigenvalue weighted by atomic mass is 35.5. The Bertz CT molecular complexity index is 1660. The van der Waals surface area contributed by atoms with Gasteiger partial charge in [0.15, 0.2) is 0 Å². The molecule has 0 bridgehead atoms. The summed E-state index contributed by atoms with van der Waals surface area (Å²) in [5.74, 6) is 0. The number of rotatable bonds is 2. The normalized spacial score (nSPS) is 12.7. The van der Waals surface area contributed by atoms with Crippen LogP contribution < -0.4 is 4.90 Å². The fourth-order valence-electron chi connectivity index (χ4n) is 4.96. The van der Waals surface area contributed by atoms with Gasteiger partial charge in [-0.2, -0.15) is 0 Å². The maximum atomic E-state index is 6.41. The molecule has 0 N–H and O–H groups in total. The zero-order valence-corrected chi connectivity index (χ0v) is 19.7. The molecular formula is C30H19ClN2S. The maximum absolute atomic E-state index is 6.41. The lowest BCUT2D eigenvalue weighted by atomic mass is 10.1. The van der Waals surface area contributed by atoms with Gasteiger partial charge in [-0.1, -0.05) is 71.9 Å². The van der Waals surface area contributed by atoms with E-state index in [4.69, 9.17) is 11.6 Å². The second-order valence-electron chi connectivity index (χ2n) is 8.40. The van der Waals surface area contributed by atoms with E-state index < -0.39 is 0 Å². The first-order valence-corrected chi connectivity index (χ1v) is 12.4. The Kier molecular flexibility index (Phi) is 4.48. The molecule has 0 atom stereocenters. The van der Waals surface area contributed by atoms with Gasteiger partial charge >= 0.3 is 0 Å². The summed E-state index contributed by atoms with van der Waals surface area (Å²) in [5.41, 5.74) is 6.97. The molecule has 2 nitrogen and oxygen atoms in total. The van der Waals surface area contributed by atoms with Crippen LogP contribution in [0.5, 0.6) is 0 Å². The molecule has 2 heterocycles. The SMILES string of the molecule is Clc1ccc2c3ccccc3n(-c3ccc(N4c5ccccc5Sc5ccccc54)cc3)c2c1. The summed E-state index contributed by atoms with van der Waals surface area (Å²) in [4.78, 5) is 4.89. The number of halogens is 1. The summed E-state index contributed by atoms with van der Waals surface area (Å²) < 4.78 is 2.30. The van der Waals surface area contributed by atoms with Gasteiger partial charge in [0.25, 0.3) is 0 Å². The van der Waals surface area contributed by atoms with Crippen molar-refractivity contribution in [3.8, 4) is 5.69 Å². The van der Waals surface area contributed by atoms with Crippen molar-refractivity contribution in [2.45, 2.75) is 9.79 Å². The molecule has 162 valence electrons. The molecule has 0 aliphatic carbocycles. The van der Waals surface area contributed by atoms with Crippen LogP contribution in [0.3, 0.4) is 0 Å². The average Bonchev–Trinajstić information content (AvgIpc) is 3.21. The highest BCUT2D eigenvalue weighted by Gasteiger charge is 2.24. The topological polar surface area (TPSA) is 8.17 Å². The zero-order chi connectivity index (χ0) is 22.6. The minimum absolute atomic E-state index is 0.743. The minimum Gasteiger partial charge on any atom is -0.309 e. The fraction of sp³-hybridized carbons (Fsp3) is 0. The molecular weight excluding hydrogens is 456 g/mol. The highest BCUT2D eigenvalue weighted by molar-refractivity contribution is 7.99. The van der Waals surface area contributed by atoms with Crippen molar-refractivity contribution in [1.82, 2.24) is 4.57 Å². The van der Waals surface area contributed by atoms with E-state index in [0.29, 0.717) is 0 Å². The summed E-state index contributed by atoms with van der Waals surface area (Å²) in [5, 5.41) is 3.18. The second kappa shape index (κ2) is 7.69. The maximum Gasteiger partial charge on any atom is 0.0601 e. The Balaban J connectivity index is 1.41. The van der Waals surface area contributed by atoms with Crippen molar-refractivity contribution >= 4 is 62.2 Å². The Morgan fingerprint density at radius 3 is 1.85 bits per heavy atom. The van der Waals surface area contributed by atoms with Crippen molar-refractivity contribution in [3.05, 3.63) is 120 Å². The van der Waals surface area contributed by atoms with Gasteiger partial charge in [0.2, 0.25) is 0 Å². The number of fused-ring (bicyclic) bond motifs is 5. The van der Waals surface area contributed by atoms with Crippen LogP contribution in [0, 0.1) is 0 Å². The molecule has 7 rings (SSSR count). The Morgan fingerprint density at radius 2 is 1.12 bits per heavy atom. The molecule has 4 heteroatoms. The summed E-state index contributed by atoms with van der Waals surface area (Å²) >= 11 is 8.23. The lowest BCUT2D eigenvalue weighted by Crippen LogP contribution is -2.14. The van der Waals surface area contributed by atoms with Crippen LogP contribution in [0.4, 0.5) is 17.1 Å². The van der Waals surface area contributed by atoms with Crippen LogP contribution in [0.1, 0.15) is 0 Å². The summed E-state index contributed by atoms with van der Waals surface area (Å²) in [7, 11) is 0. The van der Waals surface area contributed by atoms with Crippen molar-refractivity contribution in [2.75, 3.05) is 4.90 Å². The van der Waals surface area contributed by atoms with E-state index in [2.05, 4.69) is 119 Å². The lowest BCUT2D eigenvalue weighted by Gasteiger charge is -2.32. The molecule has 0 radical (unpaired) electrons. The molecule has 34 heavy (non-hydrogen) atoms. The standard InChI is InChI=1S/C30H19ClN2S/c31-20-13-18-24-23-7-1-2-8-25(23)32(28(24)19-20)21-14-16-22(17-15-21)33-26-9-3-5-11-29(26)34-30-12-6-4-10-27(30)33/h1-19H. The van der Waals surface area contributed by atoms with Crippen LogP contribution >= 0.6 is 23.4 Å². The monoisotopic (exact) mass is 474 g/mol. The molecule has 0 fully saturated rings. The zero-order valence-electron chi connectivity index (χ0n) is 18.2. The van der Waals surface area contributed by atoms with Crippen molar-refractivity contribution in [3.63, 3.8) is 0 Å². The Labute approximate surface area is 207 Å². The first-order chi connectivity index (χ1) is 16.8. The van der Waals surface area contributed by atoms with E-state index in [1.54, 1.807) is 0 Å². The number of hydrogen-bond donors (Lipinski definition) is 0. The predicted molar refractivity (Wildman–Crippen MR) is 145 cm³/mol. The van der Waals surface area contributed by atoms with Gasteiger partial charge in [-0.05, 0) is 66.7 Å². The highest BCUT2D eigenvalue weighted by Crippen LogP contribution is 2.51. The van der Waals surface area contributed by atoms with E-state index in [-0.39, 0.29) is 0 Å². The first-order valence-electron chi connectivity index (χ1n) is 11.2. The Morgan fingerprint density at radius 1 is 0.529 bits per heavy atom. The first kappa shape index (κ1) is 19.8. The molecule has 1 aliphatic heterocycles. The summed E-state index contributed by atoms with van der Waals surface area (Å²) in [6.45, 7) is 0. The van der Waals surface area contributed by atoms with Gasteiger partial charge in [-0.3, -0.25) is 0 Å². The van der Waals surface area contributed by atoms with E-state index in [9.17, 15) is 0 Å². The van der Waals surface area contributed by atoms with Crippen LogP contribution in [0.25, 0.3) is 27.5 Å². The van der Waals surface area contributed by atoms with Gasteiger partial charge in [0.05, 0.1) is 22.4 Å². The van der Waals surface area contributed by atoms with Crippen molar-refractivity contribution in [1.29, 1.82) is 0 Å². The van der Waals surface area contributed by atoms with Crippen molar-refractivity contribution < 1.29 is 0 Å². The number of nitrogens with zero attached hydrogens (tertiary/aromatic N) is 2. The van der Waals surface area contributed by atoms with E-state index >= 15 is 0 Å². The van der Waals surface area contributed by atoms with Crippen LogP contribution in [0.2, 0.25) is 5.02 Å². The van der Waals surface area contributed by atoms with Gasteiger partial charge in [-0.25, -0.2) is 0 Å². The van der Waals surface area contributed by atoms with E-state index in [0.717, 1.165) is 21.9 Å². The smallest absolute Gasteiger partial charge is 0.0601 e. The number of benzene rings is 5. The molecule has 0 amide bonds. The second-order valence-corrected chi connectivity index (χ2v) is 9.92. The molecule has 1 aliphatic rings. The molecule has 0 unspecified atom stereocenters. The number of aromatic nitrogens is 1. The van der Waals surface area contributed by atoms with Gasteiger partial charge in [0, 0.05) is 37.0 Å². The number of hydrogen-bond acceptors (Lipinski definition) is 2. The molecule has 0 spiro atoms. The summed E-state index contributed by atoms with van der Waals surface area (Å²) in [6, 6.07) is 40.7. The molecule has 0 saturated carbocycles. The van der Waals surface area contributed by atoms with Crippen LogP contribution in [0.15, 0.2) is 125 Å². The van der Waals surface area contributed by atoms with Gasteiger partial charge in [-0.15, -0.1) is 0 Å². The molecule has 0 saturated heterocycles. The van der Waals surface area contributed by atoms with Gasteiger partial charge in [0.1, 0.15) is 0 Å². The third-order valence-electron chi connectivity index (χ3n) is 6.43. The predicted octanol–water partition coefficient (Wildman–Crippen LogP) is 9.37. The van der Waals surface area contributed by atoms with Gasteiger partial charge < -0.3 is 9.47 Å². The fourth-order valence-corrected chi connectivity index (χ4v) is 6.18. The third kappa shape index (κ3) is 2.98. The molecule has 6 aromatic rings. The van der Waals surface area contributed by atoms with E-state index in [1.807, 2.05) is 17.8 Å². The molecule has 5 aromatic carbocycles. The van der Waals surface area contributed by atoms with E-state index in [1.165, 1.54) is 37.5 Å². The number of para-hydroxylation sites is 3. The van der Waals surface area contributed by atoms with Crippen molar-refractivity contribution in [2.24, 2.45) is 0 Å². The quantitative estimate of drug-likeness (QED) is 0.246. The average molecular weight is 475 g/mol. The summed E-state index contributed by atoms with van der Waals surface area (Å²) in [6.07, 6.45) is 0. The lowest BCUT2D eigenvalue weighted by molar-refractivity contribution is 1.15. The van der Waals surface area contributed by atoms with Crippen LogP contribution in [-0.2, 0) is 0 Å². The number of anilines is 3. The minimum atomic E-state index is 0.743. The third-order valence-corrected chi connectivity index (χ3v) is 7.80. The Hall–Kier alpha value is -3.66. The van der Waals surface area contributed by atoms with Crippen LogP contribution in [-0.4, -0.2) is 4.57 Å². The molecule has 1 aromatic heterocycles. The largest absolute Gasteiger partial charge is 0.309 e.